The largest absolute Gasteiger partial charge is 0.349 e. The molecule has 0 spiro atoms. The van der Waals surface area contributed by atoms with Gasteiger partial charge >= 0.3 is 0 Å². The molecular formula is C22H33N3O3S. The summed E-state index contributed by atoms with van der Waals surface area (Å²) in [4.78, 5) is 15.1. The van der Waals surface area contributed by atoms with Gasteiger partial charge in [0.05, 0.1) is 10.9 Å². The van der Waals surface area contributed by atoms with Crippen LogP contribution in [0.5, 0.6) is 0 Å². The normalized spacial score (nSPS) is 24.0. The molecule has 29 heavy (non-hydrogen) atoms. The first kappa shape index (κ1) is 20.8. The number of aryl methyl sites for hydroxylation is 1. The van der Waals surface area contributed by atoms with Crippen molar-refractivity contribution in [3.8, 4) is 0 Å². The average molecular weight is 420 g/mol. The third kappa shape index (κ3) is 4.84. The Morgan fingerprint density at radius 2 is 1.83 bits per heavy atom. The summed E-state index contributed by atoms with van der Waals surface area (Å²) in [5.41, 5.74) is 2.12. The van der Waals surface area contributed by atoms with Crippen molar-refractivity contribution in [2.24, 2.45) is 11.8 Å². The summed E-state index contributed by atoms with van der Waals surface area (Å²) >= 11 is 0. The maximum Gasteiger partial charge on any atom is 0.240 e. The minimum absolute atomic E-state index is 0.0675. The maximum atomic E-state index is 12.9. The number of carbonyl (C=O) groups is 1. The van der Waals surface area contributed by atoms with E-state index in [1.807, 2.05) is 6.07 Å². The van der Waals surface area contributed by atoms with Gasteiger partial charge in [0, 0.05) is 12.5 Å². The molecule has 0 bridgehead atoms. The van der Waals surface area contributed by atoms with Crippen molar-refractivity contribution in [1.82, 2.24) is 14.9 Å². The maximum absolute atomic E-state index is 12.9. The van der Waals surface area contributed by atoms with E-state index in [0.29, 0.717) is 17.4 Å². The summed E-state index contributed by atoms with van der Waals surface area (Å²) in [6.07, 6.45) is 7.99. The van der Waals surface area contributed by atoms with Gasteiger partial charge in [0.1, 0.15) is 0 Å². The molecule has 1 heterocycles. The van der Waals surface area contributed by atoms with Crippen LogP contribution in [0.2, 0.25) is 0 Å². The lowest BCUT2D eigenvalue weighted by Gasteiger charge is -2.28. The molecule has 1 unspecified atom stereocenters. The molecular weight excluding hydrogens is 386 g/mol. The van der Waals surface area contributed by atoms with Crippen LogP contribution in [0, 0.1) is 11.8 Å². The molecule has 2 aliphatic carbocycles. The summed E-state index contributed by atoms with van der Waals surface area (Å²) in [5.74, 6) is 0.657. The van der Waals surface area contributed by atoms with Gasteiger partial charge in [0.2, 0.25) is 15.9 Å². The fourth-order valence-corrected chi connectivity index (χ4v) is 6.10. The fourth-order valence-electron chi connectivity index (χ4n) is 4.95. The van der Waals surface area contributed by atoms with Crippen LogP contribution in [0.4, 0.5) is 0 Å². The molecule has 1 aromatic rings. The Morgan fingerprint density at radius 3 is 2.55 bits per heavy atom. The van der Waals surface area contributed by atoms with E-state index in [0.717, 1.165) is 75.6 Å². The van der Waals surface area contributed by atoms with E-state index in [1.165, 1.54) is 0 Å². The second kappa shape index (κ2) is 8.74. The molecule has 1 amide bonds. The first-order valence-electron chi connectivity index (χ1n) is 11.0. The van der Waals surface area contributed by atoms with Crippen LogP contribution in [-0.2, 0) is 21.2 Å². The number of amides is 1. The number of carbonyl (C=O) groups excluding carboxylic acids is 1. The lowest BCUT2D eigenvalue weighted by atomic mass is 9.98. The SMILES string of the molecule is CN1CCC(CNS(=O)(=O)c2ccc3c(c2)C(NC(=O)C2CCCC2)CC3)CC1. The van der Waals surface area contributed by atoms with Crippen molar-refractivity contribution in [2.75, 3.05) is 26.7 Å². The number of piperidine rings is 1. The van der Waals surface area contributed by atoms with Gasteiger partial charge in [0.25, 0.3) is 0 Å². The van der Waals surface area contributed by atoms with Crippen molar-refractivity contribution in [3.05, 3.63) is 29.3 Å². The van der Waals surface area contributed by atoms with E-state index in [2.05, 4.69) is 22.0 Å². The average Bonchev–Trinajstić information content (AvgIpc) is 3.38. The molecule has 2 N–H and O–H groups in total. The van der Waals surface area contributed by atoms with E-state index in [4.69, 9.17) is 0 Å². The lowest BCUT2D eigenvalue weighted by molar-refractivity contribution is -0.125. The van der Waals surface area contributed by atoms with Gasteiger partial charge in [-0.3, -0.25) is 4.79 Å². The molecule has 7 heteroatoms. The number of benzene rings is 1. The molecule has 160 valence electrons. The molecule has 6 nitrogen and oxygen atoms in total. The number of nitrogens with one attached hydrogen (secondary N) is 2. The second-order valence-electron chi connectivity index (χ2n) is 9.04. The van der Waals surface area contributed by atoms with E-state index >= 15 is 0 Å². The Hall–Kier alpha value is -1.44. The molecule has 2 fully saturated rings. The van der Waals surface area contributed by atoms with Crippen LogP contribution in [0.3, 0.4) is 0 Å². The van der Waals surface area contributed by atoms with E-state index in [1.54, 1.807) is 12.1 Å². The van der Waals surface area contributed by atoms with E-state index in [-0.39, 0.29) is 17.9 Å². The van der Waals surface area contributed by atoms with E-state index < -0.39 is 10.0 Å². The molecule has 0 radical (unpaired) electrons. The molecule has 0 aromatic heterocycles. The minimum Gasteiger partial charge on any atom is -0.349 e. The van der Waals surface area contributed by atoms with Gasteiger partial charge in [-0.25, -0.2) is 13.1 Å². The van der Waals surface area contributed by atoms with Crippen LogP contribution >= 0.6 is 0 Å². The standard InChI is InChI=1S/C22H33N3O3S/c1-25-12-10-16(11-13-25)15-23-29(27,28)19-8-6-17-7-9-21(20(17)14-19)24-22(26)18-4-2-3-5-18/h6,8,14,16,18,21,23H,2-5,7,9-13,15H2,1H3,(H,24,26). The second-order valence-corrected chi connectivity index (χ2v) is 10.8. The van der Waals surface area contributed by atoms with Crippen molar-refractivity contribution in [3.63, 3.8) is 0 Å². The van der Waals surface area contributed by atoms with Gasteiger partial charge in [-0.15, -0.1) is 0 Å². The Balaban J connectivity index is 1.41. The van der Waals surface area contributed by atoms with Crippen molar-refractivity contribution in [2.45, 2.75) is 62.3 Å². The zero-order valence-corrected chi connectivity index (χ0v) is 18.1. The molecule has 1 aromatic carbocycles. The minimum atomic E-state index is -3.54. The van der Waals surface area contributed by atoms with Crippen LogP contribution in [0.1, 0.15) is 62.1 Å². The summed E-state index contributed by atoms with van der Waals surface area (Å²) in [6, 6.07) is 5.33. The number of hydrogen-bond donors (Lipinski definition) is 2. The number of sulfonamides is 1. The Bertz CT molecular complexity index is 841. The van der Waals surface area contributed by atoms with Crippen molar-refractivity contribution < 1.29 is 13.2 Å². The predicted molar refractivity (Wildman–Crippen MR) is 113 cm³/mol. The quantitative estimate of drug-likeness (QED) is 0.743. The van der Waals surface area contributed by atoms with Gasteiger partial charge in [-0.05, 0) is 87.8 Å². The van der Waals surface area contributed by atoms with Gasteiger partial charge < -0.3 is 10.2 Å². The zero-order valence-electron chi connectivity index (χ0n) is 17.3. The molecule has 4 rings (SSSR count). The van der Waals surface area contributed by atoms with Crippen LogP contribution in [-0.4, -0.2) is 45.9 Å². The number of likely N-dealkylation sites (tertiary alicyclic amines) is 1. The number of rotatable bonds is 6. The first-order valence-corrected chi connectivity index (χ1v) is 12.5. The van der Waals surface area contributed by atoms with Crippen molar-refractivity contribution >= 4 is 15.9 Å². The number of nitrogens with zero attached hydrogens (tertiary/aromatic N) is 1. The molecule has 3 aliphatic rings. The number of hydrogen-bond acceptors (Lipinski definition) is 4. The van der Waals surface area contributed by atoms with E-state index in [9.17, 15) is 13.2 Å². The fraction of sp³-hybridized carbons (Fsp3) is 0.682. The van der Waals surface area contributed by atoms with Crippen molar-refractivity contribution in [1.29, 1.82) is 0 Å². The summed E-state index contributed by atoms with van der Waals surface area (Å²) in [6.45, 7) is 2.54. The molecule has 1 atom stereocenters. The predicted octanol–water partition coefficient (Wildman–Crippen LogP) is 2.60. The highest BCUT2D eigenvalue weighted by molar-refractivity contribution is 7.89. The third-order valence-electron chi connectivity index (χ3n) is 6.95. The Labute approximate surface area is 174 Å². The van der Waals surface area contributed by atoms with Gasteiger partial charge in [-0.1, -0.05) is 18.9 Å². The highest BCUT2D eigenvalue weighted by Gasteiger charge is 2.30. The lowest BCUT2D eigenvalue weighted by Crippen LogP contribution is -2.37. The van der Waals surface area contributed by atoms with Gasteiger partial charge in [-0.2, -0.15) is 0 Å². The smallest absolute Gasteiger partial charge is 0.240 e. The van der Waals surface area contributed by atoms with Crippen LogP contribution in [0.15, 0.2) is 23.1 Å². The highest BCUT2D eigenvalue weighted by atomic mass is 32.2. The highest BCUT2D eigenvalue weighted by Crippen LogP contribution is 2.34. The molecule has 1 saturated heterocycles. The summed E-state index contributed by atoms with van der Waals surface area (Å²) < 4.78 is 28.6. The van der Waals surface area contributed by atoms with Crippen LogP contribution < -0.4 is 10.0 Å². The van der Waals surface area contributed by atoms with Crippen LogP contribution in [0.25, 0.3) is 0 Å². The van der Waals surface area contributed by atoms with Gasteiger partial charge in [0.15, 0.2) is 0 Å². The zero-order chi connectivity index (χ0) is 20.4. The molecule has 1 aliphatic heterocycles. The first-order chi connectivity index (χ1) is 13.9. The summed E-state index contributed by atoms with van der Waals surface area (Å²) in [7, 11) is -1.43. The Morgan fingerprint density at radius 1 is 1.10 bits per heavy atom. The Kier molecular flexibility index (Phi) is 6.27. The molecule has 1 saturated carbocycles. The number of fused-ring (bicyclic) bond motifs is 1. The topological polar surface area (TPSA) is 78.5 Å². The third-order valence-corrected chi connectivity index (χ3v) is 8.37. The monoisotopic (exact) mass is 419 g/mol. The summed E-state index contributed by atoms with van der Waals surface area (Å²) in [5, 5.41) is 3.18.